The number of ether oxygens (including phenoxy) is 1. The Kier molecular flexibility index (Phi) is 5.41. The lowest BCUT2D eigenvalue weighted by atomic mass is 9.82. The van der Waals surface area contributed by atoms with Crippen molar-refractivity contribution in [1.82, 2.24) is 0 Å². The highest BCUT2D eigenvalue weighted by molar-refractivity contribution is 6.31. The zero-order chi connectivity index (χ0) is 13.7. The van der Waals surface area contributed by atoms with Crippen LogP contribution < -0.4 is 0 Å². The molecule has 1 fully saturated rings. The first-order chi connectivity index (χ1) is 9.22. The van der Waals surface area contributed by atoms with Crippen molar-refractivity contribution in [2.24, 2.45) is 5.92 Å². The number of ketones is 1. The van der Waals surface area contributed by atoms with E-state index in [0.29, 0.717) is 17.4 Å². The highest BCUT2D eigenvalue weighted by atomic mass is 35.5. The second kappa shape index (κ2) is 7.06. The number of hydrogen-bond donors (Lipinski definition) is 0. The second-order valence-electron chi connectivity index (χ2n) is 5.29. The molecule has 0 aromatic heterocycles. The lowest BCUT2D eigenvalue weighted by molar-refractivity contribution is -0.132. The van der Waals surface area contributed by atoms with Gasteiger partial charge in [0, 0.05) is 18.6 Å². The highest BCUT2D eigenvalue weighted by Gasteiger charge is 2.29. The Morgan fingerprint density at radius 2 is 2.00 bits per heavy atom. The van der Waals surface area contributed by atoms with Crippen molar-refractivity contribution in [1.29, 1.82) is 0 Å². The molecule has 2 rings (SSSR count). The predicted molar refractivity (Wildman–Crippen MR) is 77.5 cm³/mol. The Labute approximate surface area is 120 Å². The SMILES string of the molecule is COC(C(=O)Cc1ccccc1Cl)C1CCCCC1. The molecule has 1 aromatic rings. The van der Waals surface area contributed by atoms with Crippen LogP contribution in [0.2, 0.25) is 5.02 Å². The van der Waals surface area contributed by atoms with Crippen molar-refractivity contribution in [3.05, 3.63) is 34.9 Å². The molecule has 0 radical (unpaired) electrons. The van der Waals surface area contributed by atoms with Gasteiger partial charge in [-0.15, -0.1) is 0 Å². The van der Waals surface area contributed by atoms with Crippen LogP contribution in [0.15, 0.2) is 24.3 Å². The Balaban J connectivity index is 2.02. The van der Waals surface area contributed by atoms with Gasteiger partial charge in [-0.05, 0) is 30.4 Å². The highest BCUT2D eigenvalue weighted by Crippen LogP contribution is 2.29. The van der Waals surface area contributed by atoms with Crippen LogP contribution in [0.3, 0.4) is 0 Å². The number of carbonyl (C=O) groups is 1. The molecule has 1 saturated carbocycles. The molecule has 0 aliphatic heterocycles. The van der Waals surface area contributed by atoms with E-state index in [0.717, 1.165) is 18.4 Å². The van der Waals surface area contributed by atoms with Crippen molar-refractivity contribution >= 4 is 17.4 Å². The molecule has 1 aliphatic rings. The van der Waals surface area contributed by atoms with Crippen LogP contribution in [-0.4, -0.2) is 19.0 Å². The van der Waals surface area contributed by atoms with Crippen molar-refractivity contribution in [2.45, 2.75) is 44.6 Å². The Morgan fingerprint density at radius 3 is 2.63 bits per heavy atom. The summed E-state index contributed by atoms with van der Waals surface area (Å²) in [4.78, 5) is 12.4. The molecule has 0 amide bonds. The summed E-state index contributed by atoms with van der Waals surface area (Å²) < 4.78 is 5.47. The van der Waals surface area contributed by atoms with Crippen LogP contribution in [0.1, 0.15) is 37.7 Å². The molecule has 1 unspecified atom stereocenters. The molecule has 1 atom stereocenters. The molecular weight excluding hydrogens is 260 g/mol. The molecule has 0 spiro atoms. The van der Waals surface area contributed by atoms with Crippen LogP contribution in [-0.2, 0) is 16.0 Å². The van der Waals surface area contributed by atoms with Gasteiger partial charge in [0.15, 0.2) is 5.78 Å². The quantitative estimate of drug-likeness (QED) is 0.813. The number of benzene rings is 1. The molecule has 1 aliphatic carbocycles. The van der Waals surface area contributed by atoms with Gasteiger partial charge in [0.2, 0.25) is 0 Å². The van der Waals surface area contributed by atoms with Gasteiger partial charge in [-0.1, -0.05) is 49.1 Å². The summed E-state index contributed by atoms with van der Waals surface area (Å²) >= 11 is 6.11. The first kappa shape index (κ1) is 14.5. The molecule has 0 bridgehead atoms. The van der Waals surface area contributed by atoms with E-state index in [4.69, 9.17) is 16.3 Å². The van der Waals surface area contributed by atoms with Crippen molar-refractivity contribution in [3.63, 3.8) is 0 Å². The number of halogens is 1. The van der Waals surface area contributed by atoms with E-state index in [9.17, 15) is 4.79 Å². The lowest BCUT2D eigenvalue weighted by Gasteiger charge is -2.28. The van der Waals surface area contributed by atoms with Crippen LogP contribution in [0.4, 0.5) is 0 Å². The van der Waals surface area contributed by atoms with E-state index < -0.39 is 0 Å². The minimum absolute atomic E-state index is 0.155. The normalized spacial score (nSPS) is 18.2. The summed E-state index contributed by atoms with van der Waals surface area (Å²) in [5.41, 5.74) is 0.895. The van der Waals surface area contributed by atoms with Gasteiger partial charge in [0.05, 0.1) is 0 Å². The first-order valence-electron chi connectivity index (χ1n) is 7.01. The van der Waals surface area contributed by atoms with Crippen molar-refractivity contribution in [2.75, 3.05) is 7.11 Å². The van der Waals surface area contributed by atoms with Crippen molar-refractivity contribution in [3.8, 4) is 0 Å². The summed E-state index contributed by atoms with van der Waals surface area (Å²) in [5.74, 6) is 0.538. The fourth-order valence-corrected chi connectivity index (χ4v) is 3.16. The van der Waals surface area contributed by atoms with Crippen LogP contribution >= 0.6 is 11.6 Å². The number of rotatable bonds is 5. The number of carbonyl (C=O) groups excluding carboxylic acids is 1. The number of Topliss-reactive ketones (excluding diaryl/α,β-unsaturated/α-hetero) is 1. The van der Waals surface area contributed by atoms with E-state index in [1.807, 2.05) is 24.3 Å². The van der Waals surface area contributed by atoms with Crippen LogP contribution in [0.5, 0.6) is 0 Å². The van der Waals surface area contributed by atoms with E-state index in [1.54, 1.807) is 7.11 Å². The maximum Gasteiger partial charge on any atom is 0.166 e. The Hall–Kier alpha value is -0.860. The van der Waals surface area contributed by atoms with Gasteiger partial charge in [-0.3, -0.25) is 4.79 Å². The standard InChI is InChI=1S/C16H21ClO2/c1-19-16(12-7-3-2-4-8-12)15(18)11-13-9-5-6-10-14(13)17/h5-6,9-10,12,16H,2-4,7-8,11H2,1H3. The molecule has 19 heavy (non-hydrogen) atoms. The average molecular weight is 281 g/mol. The molecule has 1 aromatic carbocycles. The molecule has 0 heterocycles. The third kappa shape index (κ3) is 3.80. The maximum absolute atomic E-state index is 12.4. The molecule has 2 nitrogen and oxygen atoms in total. The third-order valence-corrected chi connectivity index (χ3v) is 4.34. The minimum atomic E-state index is -0.267. The predicted octanol–water partition coefficient (Wildman–Crippen LogP) is 4.05. The van der Waals surface area contributed by atoms with E-state index in [-0.39, 0.29) is 11.9 Å². The Bertz CT molecular complexity index is 425. The summed E-state index contributed by atoms with van der Waals surface area (Å²) in [6.45, 7) is 0. The molecule has 104 valence electrons. The number of hydrogen-bond acceptors (Lipinski definition) is 2. The fraction of sp³-hybridized carbons (Fsp3) is 0.562. The summed E-state index contributed by atoms with van der Waals surface area (Å²) in [6.07, 6.45) is 6.02. The van der Waals surface area contributed by atoms with Gasteiger partial charge in [0.25, 0.3) is 0 Å². The molecular formula is C16H21ClO2. The third-order valence-electron chi connectivity index (χ3n) is 3.97. The average Bonchev–Trinajstić information content (AvgIpc) is 2.43. The van der Waals surface area contributed by atoms with Gasteiger partial charge in [-0.2, -0.15) is 0 Å². The van der Waals surface area contributed by atoms with E-state index in [1.165, 1.54) is 19.3 Å². The van der Waals surface area contributed by atoms with E-state index >= 15 is 0 Å². The van der Waals surface area contributed by atoms with Gasteiger partial charge < -0.3 is 4.74 Å². The maximum atomic E-state index is 12.4. The topological polar surface area (TPSA) is 26.3 Å². The smallest absolute Gasteiger partial charge is 0.166 e. The number of methoxy groups -OCH3 is 1. The van der Waals surface area contributed by atoms with Gasteiger partial charge in [-0.25, -0.2) is 0 Å². The van der Waals surface area contributed by atoms with E-state index in [2.05, 4.69) is 0 Å². The molecule has 0 N–H and O–H groups in total. The fourth-order valence-electron chi connectivity index (χ4n) is 2.95. The monoisotopic (exact) mass is 280 g/mol. The zero-order valence-corrected chi connectivity index (χ0v) is 12.2. The zero-order valence-electron chi connectivity index (χ0n) is 11.4. The Morgan fingerprint density at radius 1 is 1.32 bits per heavy atom. The minimum Gasteiger partial charge on any atom is -0.373 e. The first-order valence-corrected chi connectivity index (χ1v) is 7.39. The van der Waals surface area contributed by atoms with Crippen LogP contribution in [0.25, 0.3) is 0 Å². The van der Waals surface area contributed by atoms with Gasteiger partial charge >= 0.3 is 0 Å². The summed E-state index contributed by atoms with van der Waals surface area (Å²) in [5, 5.41) is 0.661. The van der Waals surface area contributed by atoms with Crippen LogP contribution in [0, 0.1) is 5.92 Å². The largest absolute Gasteiger partial charge is 0.373 e. The molecule has 0 saturated heterocycles. The van der Waals surface area contributed by atoms with Crippen molar-refractivity contribution < 1.29 is 9.53 Å². The molecule has 3 heteroatoms. The second-order valence-corrected chi connectivity index (χ2v) is 5.70. The lowest BCUT2D eigenvalue weighted by Crippen LogP contribution is -2.34. The van der Waals surface area contributed by atoms with Gasteiger partial charge in [0.1, 0.15) is 6.10 Å². The summed E-state index contributed by atoms with van der Waals surface area (Å²) in [7, 11) is 1.64. The summed E-state index contributed by atoms with van der Waals surface area (Å²) in [6, 6.07) is 7.53.